The van der Waals surface area contributed by atoms with E-state index in [9.17, 15) is 14.7 Å². The summed E-state index contributed by atoms with van der Waals surface area (Å²) < 4.78 is 6.97. The third kappa shape index (κ3) is 3.15. The van der Waals surface area contributed by atoms with Crippen LogP contribution in [-0.4, -0.2) is 37.3 Å². The van der Waals surface area contributed by atoms with Gasteiger partial charge in [0.15, 0.2) is 5.69 Å². The quantitative estimate of drug-likeness (QED) is 0.751. The van der Waals surface area contributed by atoms with E-state index >= 15 is 0 Å². The molecule has 0 amide bonds. The maximum Gasteiger partial charge on any atom is 0.419 e. The van der Waals surface area contributed by atoms with E-state index in [0.29, 0.717) is 16.9 Å². The molecule has 7 nitrogen and oxygen atoms in total. The lowest BCUT2D eigenvalue weighted by Crippen LogP contribution is -2.27. The molecule has 26 heavy (non-hydrogen) atoms. The number of hydrogen-bond acceptors (Lipinski definition) is 5. The average Bonchev–Trinajstić information content (AvgIpc) is 2.87. The van der Waals surface area contributed by atoms with Gasteiger partial charge in [-0.2, -0.15) is 0 Å². The number of rotatable bonds is 2. The molecule has 134 valence electrons. The molecule has 7 heteroatoms. The number of carbonyl (C=O) groups is 2. The largest absolute Gasteiger partial charge is 0.476 e. The summed E-state index contributed by atoms with van der Waals surface area (Å²) in [5.74, 6) is -1.18. The zero-order valence-corrected chi connectivity index (χ0v) is 15.0. The Balaban J connectivity index is 2.29. The van der Waals surface area contributed by atoms with Crippen molar-refractivity contribution in [3.63, 3.8) is 0 Å². The molecule has 0 bridgehead atoms. The van der Waals surface area contributed by atoms with E-state index in [4.69, 9.17) is 4.74 Å². The lowest BCUT2D eigenvalue weighted by molar-refractivity contribution is 0.0546. The number of fused-ring (bicyclic) bond motifs is 1. The highest BCUT2D eigenvalue weighted by atomic mass is 16.6. The first-order valence-electron chi connectivity index (χ1n) is 8.08. The number of para-hydroxylation sites is 1. The van der Waals surface area contributed by atoms with Crippen molar-refractivity contribution in [3.05, 3.63) is 47.9 Å². The van der Waals surface area contributed by atoms with Crippen LogP contribution in [0.3, 0.4) is 0 Å². The van der Waals surface area contributed by atoms with Crippen molar-refractivity contribution in [2.75, 3.05) is 0 Å². The van der Waals surface area contributed by atoms with Gasteiger partial charge in [0.1, 0.15) is 11.3 Å². The minimum Gasteiger partial charge on any atom is -0.476 e. The van der Waals surface area contributed by atoms with Gasteiger partial charge in [0.25, 0.3) is 0 Å². The molecule has 1 N–H and O–H groups in total. The molecule has 1 aromatic carbocycles. The Morgan fingerprint density at radius 2 is 1.85 bits per heavy atom. The summed E-state index contributed by atoms with van der Waals surface area (Å²) in [6.07, 6.45) is 2.05. The van der Waals surface area contributed by atoms with Crippen molar-refractivity contribution in [3.8, 4) is 11.4 Å². The normalized spacial score (nSPS) is 11.5. The molecule has 3 aromatic rings. The molecule has 3 rings (SSSR count). The predicted molar refractivity (Wildman–Crippen MR) is 96.3 cm³/mol. The minimum absolute atomic E-state index is 0.192. The van der Waals surface area contributed by atoms with Crippen LogP contribution in [0.2, 0.25) is 0 Å². The van der Waals surface area contributed by atoms with Crippen molar-refractivity contribution in [2.24, 2.45) is 0 Å². The molecule has 0 fully saturated rings. The van der Waals surface area contributed by atoms with Gasteiger partial charge >= 0.3 is 12.1 Å². The molecule has 0 saturated carbocycles. The van der Waals surface area contributed by atoms with Gasteiger partial charge in [-0.1, -0.05) is 18.2 Å². The van der Waals surface area contributed by atoms with Gasteiger partial charge in [0.05, 0.1) is 23.6 Å². The van der Waals surface area contributed by atoms with Crippen molar-refractivity contribution in [2.45, 2.75) is 33.3 Å². The third-order valence-corrected chi connectivity index (χ3v) is 3.80. The number of aryl methyl sites for hydroxylation is 1. The first-order chi connectivity index (χ1) is 12.2. The van der Waals surface area contributed by atoms with Crippen molar-refractivity contribution < 1.29 is 19.4 Å². The maximum atomic E-state index is 12.9. The number of carboxylic acids is 1. The summed E-state index contributed by atoms with van der Waals surface area (Å²) in [5.41, 5.74) is 1.35. The zero-order valence-electron chi connectivity index (χ0n) is 15.0. The fourth-order valence-electron chi connectivity index (χ4n) is 2.79. The van der Waals surface area contributed by atoms with Gasteiger partial charge in [-0.05, 0) is 39.3 Å². The van der Waals surface area contributed by atoms with Crippen molar-refractivity contribution in [1.82, 2.24) is 14.5 Å². The standard InChI is InChI=1S/C19H19N3O4/c1-11-12-7-5-6-8-15(12)22(18(25)26-19(2,3)4)16(11)13-9-20-10-14(21-13)17(23)24/h5-10H,1-4H3,(H,23,24). The molecule has 0 radical (unpaired) electrons. The summed E-state index contributed by atoms with van der Waals surface area (Å²) in [4.78, 5) is 32.2. The van der Waals surface area contributed by atoms with Crippen LogP contribution in [0.5, 0.6) is 0 Å². The molecular weight excluding hydrogens is 334 g/mol. The Morgan fingerprint density at radius 3 is 2.50 bits per heavy atom. The number of ether oxygens (including phenoxy) is 1. The number of carbonyl (C=O) groups excluding carboxylic acids is 1. The molecule has 0 spiro atoms. The van der Waals surface area contributed by atoms with Crippen LogP contribution < -0.4 is 0 Å². The van der Waals surface area contributed by atoms with Crippen LogP contribution in [0.1, 0.15) is 36.8 Å². The van der Waals surface area contributed by atoms with Crippen LogP contribution >= 0.6 is 0 Å². The van der Waals surface area contributed by atoms with E-state index in [1.165, 1.54) is 17.0 Å². The van der Waals surface area contributed by atoms with E-state index in [1.807, 2.05) is 31.2 Å². The summed E-state index contributed by atoms with van der Waals surface area (Å²) in [5, 5.41) is 10.1. The third-order valence-electron chi connectivity index (χ3n) is 3.80. The minimum atomic E-state index is -1.18. The van der Waals surface area contributed by atoms with E-state index < -0.39 is 17.7 Å². The number of carboxylic acid groups (broad SMARTS) is 1. The van der Waals surface area contributed by atoms with Gasteiger partial charge in [-0.25, -0.2) is 19.1 Å². The van der Waals surface area contributed by atoms with E-state index in [1.54, 1.807) is 20.8 Å². The molecule has 0 aliphatic heterocycles. The first-order valence-corrected chi connectivity index (χ1v) is 8.08. The van der Waals surface area contributed by atoms with Gasteiger partial charge < -0.3 is 9.84 Å². The van der Waals surface area contributed by atoms with Gasteiger partial charge in [0, 0.05) is 5.39 Å². The fraction of sp³-hybridized carbons (Fsp3) is 0.263. The van der Waals surface area contributed by atoms with Crippen LogP contribution in [0.4, 0.5) is 4.79 Å². The second-order valence-corrected chi connectivity index (χ2v) is 6.90. The second-order valence-electron chi connectivity index (χ2n) is 6.90. The van der Waals surface area contributed by atoms with Crippen LogP contribution in [-0.2, 0) is 4.74 Å². The highest BCUT2D eigenvalue weighted by Crippen LogP contribution is 2.33. The molecule has 0 saturated heterocycles. The second kappa shape index (κ2) is 6.25. The summed E-state index contributed by atoms with van der Waals surface area (Å²) in [7, 11) is 0. The maximum absolute atomic E-state index is 12.9. The Kier molecular flexibility index (Phi) is 4.23. The van der Waals surface area contributed by atoms with E-state index in [2.05, 4.69) is 9.97 Å². The summed E-state index contributed by atoms with van der Waals surface area (Å²) >= 11 is 0. The van der Waals surface area contributed by atoms with Crippen LogP contribution in [0.25, 0.3) is 22.3 Å². The lowest BCUT2D eigenvalue weighted by Gasteiger charge is -2.21. The number of nitrogens with zero attached hydrogens (tertiary/aromatic N) is 3. The van der Waals surface area contributed by atoms with Crippen LogP contribution in [0.15, 0.2) is 36.7 Å². The molecule has 2 heterocycles. The van der Waals surface area contributed by atoms with Crippen LogP contribution in [0, 0.1) is 6.92 Å². The zero-order chi connectivity index (χ0) is 19.1. The van der Waals surface area contributed by atoms with Crippen molar-refractivity contribution in [1.29, 1.82) is 0 Å². The van der Waals surface area contributed by atoms with Gasteiger partial charge in [-0.3, -0.25) is 4.98 Å². The number of hydrogen-bond donors (Lipinski definition) is 1. The molecule has 0 unspecified atom stereocenters. The van der Waals surface area contributed by atoms with Gasteiger partial charge in [0.2, 0.25) is 0 Å². The fourth-order valence-corrected chi connectivity index (χ4v) is 2.79. The summed E-state index contributed by atoms with van der Waals surface area (Å²) in [6, 6.07) is 7.40. The summed E-state index contributed by atoms with van der Waals surface area (Å²) in [6.45, 7) is 7.21. The first kappa shape index (κ1) is 17.6. The van der Waals surface area contributed by atoms with E-state index in [0.717, 1.165) is 10.9 Å². The Morgan fingerprint density at radius 1 is 1.15 bits per heavy atom. The van der Waals surface area contributed by atoms with E-state index in [-0.39, 0.29) is 5.69 Å². The van der Waals surface area contributed by atoms with Crippen molar-refractivity contribution >= 4 is 23.0 Å². The Labute approximate surface area is 150 Å². The Hall–Kier alpha value is -3.22. The number of benzene rings is 1. The number of aromatic carboxylic acids is 1. The topological polar surface area (TPSA) is 94.3 Å². The van der Waals surface area contributed by atoms with Gasteiger partial charge in [-0.15, -0.1) is 0 Å². The average molecular weight is 353 g/mol. The number of aromatic nitrogens is 3. The smallest absolute Gasteiger partial charge is 0.419 e. The Bertz CT molecular complexity index is 1020. The molecule has 0 aliphatic carbocycles. The molecule has 2 aromatic heterocycles. The highest BCUT2D eigenvalue weighted by molar-refractivity contribution is 5.99. The monoisotopic (exact) mass is 353 g/mol. The molecule has 0 aliphatic rings. The predicted octanol–water partition coefficient (Wildman–Crippen LogP) is 3.89. The molecular formula is C19H19N3O4. The SMILES string of the molecule is Cc1c(-c2cncc(C(=O)O)n2)n(C(=O)OC(C)(C)C)c2ccccc12. The molecule has 0 atom stereocenters. The lowest BCUT2D eigenvalue weighted by atomic mass is 10.1. The highest BCUT2D eigenvalue weighted by Gasteiger charge is 2.26.